The third-order valence-electron chi connectivity index (χ3n) is 8.29. The Morgan fingerprint density at radius 1 is 1.19 bits per heavy atom. The number of hydrogen-bond donors (Lipinski definition) is 1. The van der Waals surface area contributed by atoms with Gasteiger partial charge in [-0.25, -0.2) is 13.6 Å². The molecule has 0 spiro atoms. The van der Waals surface area contributed by atoms with Crippen molar-refractivity contribution in [2.24, 2.45) is 0 Å². The van der Waals surface area contributed by atoms with Crippen LogP contribution in [0.15, 0.2) is 36.8 Å². The smallest absolute Gasteiger partial charge is 0.407 e. The van der Waals surface area contributed by atoms with Gasteiger partial charge >= 0.3 is 12.1 Å². The Labute approximate surface area is 246 Å². The summed E-state index contributed by atoms with van der Waals surface area (Å²) in [7, 11) is 1.81. The fourth-order valence-corrected chi connectivity index (χ4v) is 6.07. The third kappa shape index (κ3) is 5.34. The van der Waals surface area contributed by atoms with E-state index in [2.05, 4.69) is 26.0 Å². The van der Waals surface area contributed by atoms with E-state index in [4.69, 9.17) is 4.74 Å². The maximum Gasteiger partial charge on any atom is 0.407 e. The number of carbonyl (C=O) groups is 1. The summed E-state index contributed by atoms with van der Waals surface area (Å²) in [5.74, 6) is -0.357. The van der Waals surface area contributed by atoms with E-state index in [1.165, 1.54) is 11.1 Å². The number of ether oxygens (including phenoxy) is 1. The number of alkyl halides is 1. The van der Waals surface area contributed by atoms with Crippen molar-refractivity contribution in [3.05, 3.63) is 48.2 Å². The Morgan fingerprint density at radius 2 is 2.02 bits per heavy atom. The third-order valence-corrected chi connectivity index (χ3v) is 8.29. The summed E-state index contributed by atoms with van der Waals surface area (Å²) < 4.78 is 36.5. The van der Waals surface area contributed by atoms with Gasteiger partial charge < -0.3 is 19.6 Å². The molecule has 2 fully saturated rings. The highest BCUT2D eigenvalue weighted by Gasteiger charge is 2.33. The van der Waals surface area contributed by atoms with E-state index < -0.39 is 24.1 Å². The summed E-state index contributed by atoms with van der Waals surface area (Å²) in [6.07, 6.45) is 3.02. The zero-order chi connectivity index (χ0) is 30.2. The molecule has 4 aromatic rings. The van der Waals surface area contributed by atoms with Crippen LogP contribution in [0.5, 0.6) is 6.01 Å². The average Bonchev–Trinajstić information content (AvgIpc) is 3.32. The monoisotopic (exact) mass is 588 g/mol. The van der Waals surface area contributed by atoms with E-state index in [9.17, 15) is 19.6 Å². The second-order valence-corrected chi connectivity index (χ2v) is 11.0. The molecule has 222 valence electrons. The number of likely N-dealkylation sites (tertiary alicyclic amines) is 1. The van der Waals surface area contributed by atoms with Crippen LogP contribution < -0.4 is 9.64 Å². The number of nitriles is 1. The number of aryl methyl sites for hydroxylation is 1. The first-order chi connectivity index (χ1) is 20.7. The maximum atomic E-state index is 16.5. The summed E-state index contributed by atoms with van der Waals surface area (Å²) in [5, 5.41) is 21.0. The lowest BCUT2D eigenvalue weighted by Gasteiger charge is -2.39. The van der Waals surface area contributed by atoms with E-state index in [1.54, 1.807) is 12.4 Å². The second kappa shape index (κ2) is 11.5. The molecule has 2 aliphatic rings. The number of amides is 1. The summed E-state index contributed by atoms with van der Waals surface area (Å²) >= 11 is 0. The number of nitrogens with zero attached hydrogens (tertiary/aromatic N) is 8. The number of benzene rings is 1. The molecule has 13 heteroatoms. The number of pyridine rings is 2. The molecule has 1 amide bonds. The van der Waals surface area contributed by atoms with Gasteiger partial charge in [0.05, 0.1) is 23.9 Å². The standard InChI is InChI=1S/C30H30F2N8O3/c1-17-4-3-5-18-11-34-12-22(24(17)18)26-25(32)27-23(13-35-26)28(39-8-9-40(30(41)42)20(15-39)6-7-33)37-29(36-27)43-16-21-10-19(31)14-38(21)2/h3-5,11-13,19-21H,6,8-10,14-16H2,1-2H3,(H,41,42)/t19-,20+,21+/m1/s1. The molecule has 2 saturated heterocycles. The summed E-state index contributed by atoms with van der Waals surface area (Å²) in [6.45, 7) is 2.89. The van der Waals surface area contributed by atoms with Gasteiger partial charge in [0.2, 0.25) is 0 Å². The predicted molar refractivity (Wildman–Crippen MR) is 155 cm³/mol. The minimum atomic E-state index is -1.11. The molecule has 0 unspecified atom stereocenters. The number of carboxylic acid groups (broad SMARTS) is 1. The van der Waals surface area contributed by atoms with Crippen molar-refractivity contribution >= 4 is 33.6 Å². The number of halogens is 2. The first-order valence-corrected chi connectivity index (χ1v) is 14.0. The summed E-state index contributed by atoms with van der Waals surface area (Å²) in [5.41, 5.74) is 1.51. The van der Waals surface area contributed by atoms with Crippen molar-refractivity contribution < 1.29 is 23.4 Å². The molecule has 2 aliphatic heterocycles. The molecule has 43 heavy (non-hydrogen) atoms. The van der Waals surface area contributed by atoms with Crippen LogP contribution in [-0.4, -0.2) is 99.0 Å². The van der Waals surface area contributed by atoms with Crippen molar-refractivity contribution in [2.75, 3.05) is 44.7 Å². The number of hydrogen-bond acceptors (Lipinski definition) is 9. The minimum Gasteiger partial charge on any atom is -0.465 e. The molecule has 0 aliphatic carbocycles. The number of aromatic nitrogens is 4. The van der Waals surface area contributed by atoms with Crippen LogP contribution in [0.3, 0.4) is 0 Å². The quantitative estimate of drug-likeness (QED) is 0.350. The molecule has 1 N–H and O–H groups in total. The molecule has 3 aromatic heterocycles. The van der Waals surface area contributed by atoms with E-state index in [0.29, 0.717) is 29.7 Å². The summed E-state index contributed by atoms with van der Waals surface area (Å²) in [6, 6.07) is 6.91. The fourth-order valence-electron chi connectivity index (χ4n) is 6.07. The van der Waals surface area contributed by atoms with E-state index >= 15 is 4.39 Å². The van der Waals surface area contributed by atoms with Crippen LogP contribution in [0.2, 0.25) is 0 Å². The molecule has 11 nitrogen and oxygen atoms in total. The van der Waals surface area contributed by atoms with Gasteiger partial charge in [0.1, 0.15) is 29.8 Å². The first-order valence-electron chi connectivity index (χ1n) is 14.0. The number of fused-ring (bicyclic) bond motifs is 2. The fraction of sp³-hybridized carbons (Fsp3) is 0.400. The van der Waals surface area contributed by atoms with E-state index in [0.717, 1.165) is 16.3 Å². The molecular weight excluding hydrogens is 558 g/mol. The lowest BCUT2D eigenvalue weighted by Crippen LogP contribution is -2.55. The Balaban J connectivity index is 1.46. The van der Waals surface area contributed by atoms with Crippen molar-refractivity contribution in [3.63, 3.8) is 0 Å². The van der Waals surface area contributed by atoms with E-state index in [-0.39, 0.29) is 55.9 Å². The van der Waals surface area contributed by atoms with Crippen LogP contribution in [0, 0.1) is 24.1 Å². The van der Waals surface area contributed by atoms with Gasteiger partial charge in [-0.2, -0.15) is 15.2 Å². The number of rotatable bonds is 6. The molecular formula is C30H30F2N8O3. The van der Waals surface area contributed by atoms with Gasteiger partial charge in [-0.15, -0.1) is 0 Å². The maximum absolute atomic E-state index is 16.5. The highest BCUT2D eigenvalue weighted by atomic mass is 19.1. The molecule has 0 radical (unpaired) electrons. The van der Waals surface area contributed by atoms with Gasteiger partial charge in [0.25, 0.3) is 0 Å². The predicted octanol–water partition coefficient (Wildman–Crippen LogP) is 4.19. The second-order valence-electron chi connectivity index (χ2n) is 11.0. The van der Waals surface area contributed by atoms with Crippen LogP contribution in [-0.2, 0) is 0 Å². The summed E-state index contributed by atoms with van der Waals surface area (Å²) in [4.78, 5) is 34.6. The van der Waals surface area contributed by atoms with Crippen LogP contribution in [0.4, 0.5) is 19.4 Å². The van der Waals surface area contributed by atoms with Gasteiger partial charge in [0, 0.05) is 61.8 Å². The Hall–Kier alpha value is -4.70. The number of piperazine rings is 1. The van der Waals surface area contributed by atoms with Crippen LogP contribution in [0.1, 0.15) is 18.4 Å². The van der Waals surface area contributed by atoms with Crippen LogP contribution >= 0.6 is 0 Å². The Bertz CT molecular complexity index is 1740. The van der Waals surface area contributed by atoms with Gasteiger partial charge in [-0.3, -0.25) is 14.9 Å². The molecule has 5 heterocycles. The highest BCUT2D eigenvalue weighted by Crippen LogP contribution is 2.36. The topological polar surface area (TPSA) is 132 Å². The van der Waals surface area contributed by atoms with Gasteiger partial charge in [0.15, 0.2) is 5.82 Å². The zero-order valence-electron chi connectivity index (χ0n) is 23.7. The van der Waals surface area contributed by atoms with Gasteiger partial charge in [-0.05, 0) is 31.3 Å². The van der Waals surface area contributed by atoms with Crippen molar-refractivity contribution in [1.29, 1.82) is 5.26 Å². The number of likely N-dealkylation sites (N-methyl/N-ethyl adjacent to an activating group) is 1. The van der Waals surface area contributed by atoms with Crippen molar-refractivity contribution in [3.8, 4) is 23.3 Å². The van der Waals surface area contributed by atoms with Crippen molar-refractivity contribution in [1.82, 2.24) is 29.7 Å². The highest BCUT2D eigenvalue weighted by molar-refractivity contribution is 6.00. The minimum absolute atomic E-state index is 0.0161. The Kier molecular flexibility index (Phi) is 7.62. The molecule has 1 aromatic carbocycles. The largest absolute Gasteiger partial charge is 0.465 e. The van der Waals surface area contributed by atoms with Gasteiger partial charge in [-0.1, -0.05) is 18.2 Å². The number of anilines is 1. The molecule has 6 rings (SSSR count). The molecule has 3 atom stereocenters. The first kappa shape index (κ1) is 28.4. The lowest BCUT2D eigenvalue weighted by atomic mass is 10.00. The molecule has 0 bridgehead atoms. The SMILES string of the molecule is Cc1cccc2cncc(-c3ncc4c(N5CCN(C(=O)O)[C@@H](CC#N)C5)nc(OC[C@@H]5C[C@@H](F)CN5C)nc4c3F)c12. The van der Waals surface area contributed by atoms with Crippen molar-refractivity contribution in [2.45, 2.75) is 38.0 Å². The lowest BCUT2D eigenvalue weighted by molar-refractivity contribution is 0.119. The van der Waals surface area contributed by atoms with E-state index in [1.807, 2.05) is 42.0 Å². The average molecular weight is 589 g/mol. The van der Waals surface area contributed by atoms with Crippen LogP contribution in [0.25, 0.3) is 32.9 Å². The molecule has 0 saturated carbocycles. The zero-order valence-corrected chi connectivity index (χ0v) is 23.7. The normalized spacial score (nSPS) is 21.0. The Morgan fingerprint density at radius 3 is 2.77 bits per heavy atom.